The summed E-state index contributed by atoms with van der Waals surface area (Å²) in [5.41, 5.74) is 0. The van der Waals surface area contributed by atoms with Gasteiger partial charge in [-0.1, -0.05) is 0 Å². The van der Waals surface area contributed by atoms with Crippen molar-refractivity contribution < 1.29 is 37.7 Å². The highest BCUT2D eigenvalue weighted by atomic mass is 32.2. The number of aliphatic hydroxyl groups excluding tert-OH is 1. The second-order valence-corrected chi connectivity index (χ2v) is 6.89. The summed E-state index contributed by atoms with van der Waals surface area (Å²) in [4.78, 5) is 24.6. The molecule has 10 heteroatoms. The molecule has 2 N–H and O–H groups in total. The number of piperazine rings is 1. The lowest BCUT2D eigenvalue weighted by Gasteiger charge is -2.33. The summed E-state index contributed by atoms with van der Waals surface area (Å²) in [5, 5.41) is 19.8. The van der Waals surface area contributed by atoms with Crippen LogP contribution in [0.25, 0.3) is 0 Å². The Labute approximate surface area is 129 Å². The fourth-order valence-electron chi connectivity index (χ4n) is 2.45. The highest BCUT2D eigenvalue weighted by Gasteiger charge is 2.25. The number of carbonyl (C=O) groups is 2. The Kier molecular flexibility index (Phi) is 7.20. The van der Waals surface area contributed by atoms with Crippen LogP contribution in [-0.4, -0.2) is 79.4 Å². The summed E-state index contributed by atoms with van der Waals surface area (Å²) in [7, 11) is -4.45. The van der Waals surface area contributed by atoms with E-state index in [-0.39, 0.29) is 31.7 Å². The third-order valence-electron chi connectivity index (χ3n) is 3.52. The number of hydrogen-bond donors (Lipinski definition) is 2. The van der Waals surface area contributed by atoms with Crippen LogP contribution in [0.1, 0.15) is 19.3 Å². The quantitative estimate of drug-likeness (QED) is 0.425. The van der Waals surface area contributed by atoms with Gasteiger partial charge in [0.25, 0.3) is 0 Å². The van der Waals surface area contributed by atoms with Crippen molar-refractivity contribution in [2.24, 2.45) is 0 Å². The fraction of sp³-hybridized carbons (Fsp3) is 0.833. The summed E-state index contributed by atoms with van der Waals surface area (Å²) >= 11 is 0. The molecule has 0 aromatic heterocycles. The lowest BCUT2D eigenvalue weighted by molar-refractivity contribution is -0.906. The highest BCUT2D eigenvalue weighted by Crippen LogP contribution is 2.01. The predicted octanol–water partition coefficient (Wildman–Crippen LogP) is -4.46. The number of hydrogen-bond acceptors (Lipinski definition) is 7. The summed E-state index contributed by atoms with van der Waals surface area (Å²) in [6.45, 7) is 2.14. The number of amides is 1. The van der Waals surface area contributed by atoms with Gasteiger partial charge in [0.15, 0.2) is 0 Å². The van der Waals surface area contributed by atoms with Gasteiger partial charge in [0.2, 0.25) is 5.91 Å². The first kappa shape index (κ1) is 18.8. The molecule has 0 aromatic rings. The third-order valence-corrected chi connectivity index (χ3v) is 4.31. The zero-order valence-corrected chi connectivity index (χ0v) is 13.0. The molecule has 9 nitrogen and oxygen atoms in total. The van der Waals surface area contributed by atoms with E-state index in [4.69, 9.17) is 0 Å². The van der Waals surface area contributed by atoms with Gasteiger partial charge in [-0.05, 0) is 12.8 Å². The summed E-state index contributed by atoms with van der Waals surface area (Å²) in [5.74, 6) is -2.10. The molecule has 1 rings (SSSR count). The number of carboxylic acids is 1. The molecule has 0 aromatic carbocycles. The van der Waals surface area contributed by atoms with Crippen LogP contribution in [-0.2, 0) is 19.7 Å². The molecule has 0 spiro atoms. The second kappa shape index (κ2) is 8.42. The van der Waals surface area contributed by atoms with E-state index < -0.39 is 27.9 Å². The number of rotatable bonds is 8. The Bertz CT molecular complexity index is 486. The molecular weight excluding hydrogens is 316 g/mol. The van der Waals surface area contributed by atoms with Crippen molar-refractivity contribution in [3.63, 3.8) is 0 Å². The van der Waals surface area contributed by atoms with Crippen molar-refractivity contribution in [3.8, 4) is 0 Å². The highest BCUT2D eigenvalue weighted by molar-refractivity contribution is 7.85. The van der Waals surface area contributed by atoms with E-state index in [1.165, 1.54) is 0 Å². The smallest absolute Gasteiger partial charge is 0.222 e. The number of nitrogens with zero attached hydrogens (tertiary/aromatic N) is 1. The van der Waals surface area contributed by atoms with Gasteiger partial charge in [0.1, 0.15) is 12.6 Å². The van der Waals surface area contributed by atoms with Gasteiger partial charge in [-0.15, -0.1) is 0 Å². The monoisotopic (exact) mass is 337 g/mol. The van der Waals surface area contributed by atoms with E-state index in [9.17, 15) is 32.8 Å². The fourth-order valence-corrected chi connectivity index (χ4v) is 3.04. The van der Waals surface area contributed by atoms with Crippen molar-refractivity contribution >= 4 is 22.0 Å². The molecule has 0 saturated carbocycles. The molecule has 1 heterocycles. The van der Waals surface area contributed by atoms with Gasteiger partial charge < -0.3 is 29.4 Å². The Morgan fingerprint density at radius 2 is 1.82 bits per heavy atom. The molecule has 0 unspecified atom stereocenters. The standard InChI is InChI=1S/C12H22N2O7S/c15-10(9-22(19,20)21)8-13-4-6-14(7-5-13)11(16)2-1-3-12(17)18/h10,15H,1-9H2,(H,17,18)(H,19,20,21)/p-1/t10-/m1/s1. The molecule has 22 heavy (non-hydrogen) atoms. The van der Waals surface area contributed by atoms with E-state index >= 15 is 0 Å². The first-order valence-electron chi connectivity index (χ1n) is 7.10. The average molecular weight is 337 g/mol. The van der Waals surface area contributed by atoms with E-state index in [0.717, 1.165) is 4.90 Å². The van der Waals surface area contributed by atoms with Gasteiger partial charge in [-0.25, -0.2) is 8.42 Å². The summed E-state index contributed by atoms with van der Waals surface area (Å²) in [6, 6.07) is 0. The molecule has 1 amide bonds. The van der Waals surface area contributed by atoms with Crippen LogP contribution in [0, 0.1) is 0 Å². The normalized spacial score (nSPS) is 18.2. The minimum absolute atomic E-state index is 0.122. The number of aliphatic carboxylic acids is 1. The maximum Gasteiger partial charge on any atom is 0.222 e. The van der Waals surface area contributed by atoms with Crippen LogP contribution in [0.3, 0.4) is 0 Å². The second-order valence-electron chi connectivity index (χ2n) is 5.44. The SMILES string of the molecule is O=C([O-])CCCC(=O)N1CC[NH+](C[C@@H](O)CS(=O)(=O)[O-])CC1. The van der Waals surface area contributed by atoms with E-state index in [1.807, 2.05) is 0 Å². The van der Waals surface area contributed by atoms with Crippen molar-refractivity contribution in [3.05, 3.63) is 0 Å². The Balaban J connectivity index is 2.28. The van der Waals surface area contributed by atoms with E-state index in [0.29, 0.717) is 26.2 Å². The first-order chi connectivity index (χ1) is 10.2. The van der Waals surface area contributed by atoms with Gasteiger partial charge >= 0.3 is 0 Å². The van der Waals surface area contributed by atoms with Gasteiger partial charge in [-0.2, -0.15) is 0 Å². The molecular formula is C12H21N2O7S-. The van der Waals surface area contributed by atoms with Gasteiger partial charge in [0.05, 0.1) is 42.1 Å². The molecule has 0 bridgehead atoms. The van der Waals surface area contributed by atoms with Gasteiger partial charge in [-0.3, -0.25) is 4.79 Å². The largest absolute Gasteiger partial charge is 0.748 e. The topological polar surface area (TPSA) is 142 Å². The minimum atomic E-state index is -4.45. The van der Waals surface area contributed by atoms with E-state index in [2.05, 4.69) is 0 Å². The molecule has 0 radical (unpaired) electrons. The number of aliphatic hydroxyl groups is 1. The number of carboxylic acid groups (broad SMARTS) is 1. The van der Waals surface area contributed by atoms with Crippen molar-refractivity contribution in [2.45, 2.75) is 25.4 Å². The maximum atomic E-state index is 11.8. The molecule has 1 atom stereocenters. The number of nitrogens with one attached hydrogen (secondary N) is 1. The number of carbonyl (C=O) groups excluding carboxylic acids is 2. The molecule has 1 aliphatic rings. The van der Waals surface area contributed by atoms with Crippen LogP contribution in [0.4, 0.5) is 0 Å². The van der Waals surface area contributed by atoms with Crippen molar-refractivity contribution in [1.29, 1.82) is 0 Å². The molecule has 1 fully saturated rings. The average Bonchev–Trinajstić information content (AvgIpc) is 2.36. The molecule has 128 valence electrons. The third kappa shape index (κ3) is 7.69. The lowest BCUT2D eigenvalue weighted by Crippen LogP contribution is -3.16. The van der Waals surface area contributed by atoms with Crippen molar-refractivity contribution in [1.82, 2.24) is 4.90 Å². The van der Waals surface area contributed by atoms with Gasteiger partial charge in [0, 0.05) is 12.4 Å². The zero-order chi connectivity index (χ0) is 16.8. The predicted molar refractivity (Wildman–Crippen MR) is 71.6 cm³/mol. The van der Waals surface area contributed by atoms with Crippen LogP contribution in [0.15, 0.2) is 0 Å². The van der Waals surface area contributed by atoms with Crippen LogP contribution >= 0.6 is 0 Å². The van der Waals surface area contributed by atoms with Crippen molar-refractivity contribution in [2.75, 3.05) is 38.5 Å². The molecule has 0 aliphatic carbocycles. The Morgan fingerprint density at radius 1 is 1.23 bits per heavy atom. The van der Waals surface area contributed by atoms with E-state index in [1.54, 1.807) is 4.90 Å². The molecule has 1 aliphatic heterocycles. The zero-order valence-electron chi connectivity index (χ0n) is 12.2. The Morgan fingerprint density at radius 3 is 2.32 bits per heavy atom. The Hall–Kier alpha value is -1.23. The van der Waals surface area contributed by atoms with Crippen LogP contribution in [0.5, 0.6) is 0 Å². The number of quaternary nitrogens is 1. The van der Waals surface area contributed by atoms with Crippen LogP contribution in [0.2, 0.25) is 0 Å². The minimum Gasteiger partial charge on any atom is -0.748 e. The molecule has 1 saturated heterocycles. The lowest BCUT2D eigenvalue weighted by atomic mass is 10.2. The summed E-state index contributed by atoms with van der Waals surface area (Å²) < 4.78 is 31.6. The maximum absolute atomic E-state index is 11.8. The van der Waals surface area contributed by atoms with Crippen LogP contribution < -0.4 is 10.0 Å². The first-order valence-corrected chi connectivity index (χ1v) is 8.68. The summed E-state index contributed by atoms with van der Waals surface area (Å²) in [6.07, 6.45) is -0.954.